The van der Waals surface area contributed by atoms with E-state index in [9.17, 15) is 14.4 Å². The molecule has 0 atom stereocenters. The Hall–Kier alpha value is -2.69. The van der Waals surface area contributed by atoms with Crippen LogP contribution in [0.2, 0.25) is 0 Å². The number of amides is 1. The van der Waals surface area contributed by atoms with E-state index in [1.807, 2.05) is 0 Å². The summed E-state index contributed by atoms with van der Waals surface area (Å²) in [6, 6.07) is 7.84. The number of hydrogen-bond acceptors (Lipinski definition) is 4. The highest BCUT2D eigenvalue weighted by atomic mass is 16.6. The van der Waals surface area contributed by atoms with Crippen molar-refractivity contribution in [1.29, 1.82) is 0 Å². The molecule has 5 heteroatoms. The third-order valence-corrected chi connectivity index (χ3v) is 2.89. The highest BCUT2D eigenvalue weighted by Gasteiger charge is 2.27. The zero-order valence-corrected chi connectivity index (χ0v) is 9.10. The Bertz CT molecular complexity index is 733. The lowest BCUT2D eigenvalue weighted by Crippen LogP contribution is -2.21. The molecule has 1 amide bonds. The molecule has 1 aliphatic rings. The predicted octanol–water partition coefficient (Wildman–Crippen LogP) is 1.25. The minimum absolute atomic E-state index is 0.191. The van der Waals surface area contributed by atoms with Crippen LogP contribution in [-0.4, -0.2) is 17.8 Å². The van der Waals surface area contributed by atoms with E-state index >= 15 is 0 Å². The maximum atomic E-state index is 11.7. The smallest absolute Gasteiger partial charge is 0.346 e. The molecule has 88 valence electrons. The van der Waals surface area contributed by atoms with Crippen molar-refractivity contribution in [3.8, 4) is 0 Å². The van der Waals surface area contributed by atoms with Crippen molar-refractivity contribution in [2.24, 2.45) is 5.73 Å². The van der Waals surface area contributed by atoms with Crippen LogP contribution in [0.15, 0.2) is 30.3 Å². The van der Waals surface area contributed by atoms with Gasteiger partial charge in [0, 0.05) is 10.9 Å². The lowest BCUT2D eigenvalue weighted by atomic mass is 9.95. The standard InChI is InChI=1S/C13H7NO4/c14-11(15)7-4-6-2-1-3-8-10(6)9(5-7)13(17)18-12(8)16/h1-5H,(H2,14,15). The van der Waals surface area contributed by atoms with Gasteiger partial charge in [0.2, 0.25) is 5.91 Å². The van der Waals surface area contributed by atoms with Crippen LogP contribution in [0, 0.1) is 0 Å². The summed E-state index contributed by atoms with van der Waals surface area (Å²) >= 11 is 0. The summed E-state index contributed by atoms with van der Waals surface area (Å²) in [6.45, 7) is 0. The van der Waals surface area contributed by atoms with Gasteiger partial charge in [-0.15, -0.1) is 0 Å². The predicted molar refractivity (Wildman–Crippen MR) is 62.2 cm³/mol. The van der Waals surface area contributed by atoms with E-state index in [1.165, 1.54) is 6.07 Å². The minimum atomic E-state index is -0.758. The number of esters is 2. The Labute approximate surface area is 101 Å². The van der Waals surface area contributed by atoms with Crippen LogP contribution in [0.25, 0.3) is 10.8 Å². The van der Waals surface area contributed by atoms with Crippen molar-refractivity contribution in [2.75, 3.05) is 0 Å². The third-order valence-electron chi connectivity index (χ3n) is 2.89. The summed E-state index contributed by atoms with van der Waals surface area (Å²) in [5.41, 5.74) is 5.92. The molecule has 1 heterocycles. The van der Waals surface area contributed by atoms with Crippen LogP contribution in [0.4, 0.5) is 0 Å². The van der Waals surface area contributed by atoms with E-state index in [0.29, 0.717) is 16.3 Å². The average molecular weight is 241 g/mol. The molecular formula is C13H7NO4. The molecule has 0 spiro atoms. The van der Waals surface area contributed by atoms with Gasteiger partial charge in [-0.2, -0.15) is 0 Å². The molecule has 0 aromatic heterocycles. The minimum Gasteiger partial charge on any atom is -0.386 e. The van der Waals surface area contributed by atoms with Gasteiger partial charge in [-0.3, -0.25) is 4.79 Å². The SMILES string of the molecule is NC(=O)c1cc2c3c(cccc3c1)C(=O)OC2=O. The fraction of sp³-hybridized carbons (Fsp3) is 0. The van der Waals surface area contributed by atoms with Gasteiger partial charge in [-0.05, 0) is 23.6 Å². The molecule has 0 bridgehead atoms. The fourth-order valence-electron chi connectivity index (χ4n) is 2.10. The lowest BCUT2D eigenvalue weighted by molar-refractivity contribution is 0.0391. The van der Waals surface area contributed by atoms with Gasteiger partial charge in [0.1, 0.15) is 0 Å². The molecule has 2 aromatic carbocycles. The van der Waals surface area contributed by atoms with Crippen LogP contribution in [-0.2, 0) is 4.74 Å². The quantitative estimate of drug-likeness (QED) is 0.601. The number of ether oxygens (including phenoxy) is 1. The number of nitrogens with two attached hydrogens (primary N) is 1. The third kappa shape index (κ3) is 1.31. The fourth-order valence-corrected chi connectivity index (χ4v) is 2.10. The van der Waals surface area contributed by atoms with Crippen molar-refractivity contribution < 1.29 is 19.1 Å². The molecule has 2 aromatic rings. The number of benzene rings is 2. The van der Waals surface area contributed by atoms with Gasteiger partial charge < -0.3 is 10.5 Å². The van der Waals surface area contributed by atoms with Crippen LogP contribution < -0.4 is 5.73 Å². The van der Waals surface area contributed by atoms with Gasteiger partial charge in [-0.1, -0.05) is 12.1 Å². The largest absolute Gasteiger partial charge is 0.386 e. The van der Waals surface area contributed by atoms with Crippen LogP contribution in [0.1, 0.15) is 31.1 Å². The lowest BCUT2D eigenvalue weighted by Gasteiger charge is -2.15. The Kier molecular flexibility index (Phi) is 1.98. The molecular weight excluding hydrogens is 234 g/mol. The zero-order valence-electron chi connectivity index (χ0n) is 9.10. The number of carbonyl (C=O) groups is 3. The summed E-state index contributed by atoms with van der Waals surface area (Å²) in [7, 11) is 0. The van der Waals surface area contributed by atoms with Gasteiger partial charge >= 0.3 is 11.9 Å². The molecule has 0 radical (unpaired) electrons. The molecule has 3 rings (SSSR count). The summed E-state index contributed by atoms with van der Waals surface area (Å²) < 4.78 is 4.61. The summed E-state index contributed by atoms with van der Waals surface area (Å²) in [5.74, 6) is -2.07. The van der Waals surface area contributed by atoms with Crippen LogP contribution in [0.5, 0.6) is 0 Å². The molecule has 0 unspecified atom stereocenters. The summed E-state index contributed by atoms with van der Waals surface area (Å²) in [4.78, 5) is 34.4. The molecule has 1 aliphatic heterocycles. The van der Waals surface area contributed by atoms with E-state index in [-0.39, 0.29) is 11.1 Å². The van der Waals surface area contributed by atoms with Crippen molar-refractivity contribution in [1.82, 2.24) is 0 Å². The molecule has 5 nitrogen and oxygen atoms in total. The topological polar surface area (TPSA) is 86.5 Å². The van der Waals surface area contributed by atoms with E-state index in [4.69, 9.17) is 5.73 Å². The Morgan fingerprint density at radius 1 is 1.06 bits per heavy atom. The number of primary amides is 1. The second kappa shape index (κ2) is 3.40. The normalized spacial score (nSPS) is 13.6. The second-order valence-corrected chi connectivity index (χ2v) is 3.97. The second-order valence-electron chi connectivity index (χ2n) is 3.97. The van der Waals surface area contributed by atoms with Gasteiger partial charge in [-0.25, -0.2) is 9.59 Å². The van der Waals surface area contributed by atoms with Gasteiger partial charge in [0.05, 0.1) is 11.1 Å². The van der Waals surface area contributed by atoms with E-state index in [1.54, 1.807) is 24.3 Å². The zero-order chi connectivity index (χ0) is 12.9. The van der Waals surface area contributed by atoms with Gasteiger partial charge in [0.25, 0.3) is 0 Å². The first-order valence-corrected chi connectivity index (χ1v) is 5.21. The Morgan fingerprint density at radius 3 is 2.50 bits per heavy atom. The number of carbonyl (C=O) groups excluding carboxylic acids is 3. The molecule has 0 fully saturated rings. The van der Waals surface area contributed by atoms with Gasteiger partial charge in [0.15, 0.2) is 0 Å². The molecule has 0 aliphatic carbocycles. The van der Waals surface area contributed by atoms with Crippen LogP contribution in [0.3, 0.4) is 0 Å². The van der Waals surface area contributed by atoms with E-state index in [2.05, 4.69) is 4.74 Å². The highest BCUT2D eigenvalue weighted by molar-refractivity contribution is 6.21. The molecule has 2 N–H and O–H groups in total. The number of rotatable bonds is 1. The van der Waals surface area contributed by atoms with E-state index < -0.39 is 17.8 Å². The molecule has 0 saturated heterocycles. The average Bonchev–Trinajstić information content (AvgIpc) is 2.35. The Balaban J connectivity index is 2.48. The van der Waals surface area contributed by atoms with Crippen LogP contribution >= 0.6 is 0 Å². The maximum absolute atomic E-state index is 11.7. The summed E-state index contributed by atoms with van der Waals surface area (Å²) in [6.07, 6.45) is 0. The van der Waals surface area contributed by atoms with Crippen molar-refractivity contribution in [2.45, 2.75) is 0 Å². The highest BCUT2D eigenvalue weighted by Crippen LogP contribution is 2.29. The number of hydrogen-bond donors (Lipinski definition) is 1. The monoisotopic (exact) mass is 241 g/mol. The molecule has 0 saturated carbocycles. The van der Waals surface area contributed by atoms with Crippen molar-refractivity contribution in [3.63, 3.8) is 0 Å². The van der Waals surface area contributed by atoms with Crippen molar-refractivity contribution in [3.05, 3.63) is 47.0 Å². The Morgan fingerprint density at radius 2 is 1.78 bits per heavy atom. The van der Waals surface area contributed by atoms with E-state index in [0.717, 1.165) is 0 Å². The first-order valence-electron chi connectivity index (χ1n) is 5.21. The maximum Gasteiger partial charge on any atom is 0.346 e. The first-order chi connectivity index (χ1) is 8.58. The first kappa shape index (κ1) is 10.5. The molecule has 18 heavy (non-hydrogen) atoms. The number of cyclic esters (lactones) is 2. The summed E-state index contributed by atoms with van der Waals surface area (Å²) in [5, 5.41) is 1.12. The van der Waals surface area contributed by atoms with Crippen molar-refractivity contribution >= 4 is 28.6 Å².